The Balaban J connectivity index is 2.93. The third-order valence-electron chi connectivity index (χ3n) is 1.82. The van der Waals surface area contributed by atoms with Crippen molar-refractivity contribution in [3.63, 3.8) is 0 Å². The number of allylic oxidation sites excluding steroid dienone is 3. The number of rotatable bonds is 3. The summed E-state index contributed by atoms with van der Waals surface area (Å²) in [6.07, 6.45) is 4.52. The number of nitrogens with one attached hydrogen (secondary N) is 2. The van der Waals surface area contributed by atoms with Crippen molar-refractivity contribution in [2.75, 3.05) is 0 Å². The van der Waals surface area contributed by atoms with Gasteiger partial charge in [0.15, 0.2) is 6.29 Å². The zero-order valence-electron chi connectivity index (χ0n) is 8.29. The second-order valence-electron chi connectivity index (χ2n) is 2.97. The summed E-state index contributed by atoms with van der Waals surface area (Å²) in [6.45, 7) is 3.88. The summed E-state index contributed by atoms with van der Waals surface area (Å²) in [6, 6.07) is 0. The molecule has 74 valence electrons. The van der Waals surface area contributed by atoms with Crippen LogP contribution in [0.25, 0.3) is 0 Å². The molecular formula is C10H13N3O. The van der Waals surface area contributed by atoms with Gasteiger partial charge in [-0.2, -0.15) is 0 Å². The summed E-state index contributed by atoms with van der Waals surface area (Å²) in [5.41, 5.74) is 2.45. The highest BCUT2D eigenvalue weighted by Crippen LogP contribution is 2.09. The molecule has 1 aliphatic heterocycles. The average Bonchev–Trinajstić information content (AvgIpc) is 2.20. The van der Waals surface area contributed by atoms with E-state index in [9.17, 15) is 4.79 Å². The molecule has 0 atom stereocenters. The molecule has 0 saturated carbocycles. The molecule has 0 saturated heterocycles. The number of aldehydes is 1. The predicted octanol–water partition coefficient (Wildman–Crippen LogP) is 1.40. The second kappa shape index (κ2) is 4.50. The molecule has 1 heterocycles. The minimum atomic E-state index is -0.0541. The molecule has 0 aromatic heterocycles. The maximum atomic E-state index is 10.3. The zero-order chi connectivity index (χ0) is 10.6. The normalized spacial score (nSPS) is 18.3. The van der Waals surface area contributed by atoms with Gasteiger partial charge in [-0.3, -0.25) is 15.2 Å². The molecule has 0 spiro atoms. The standard InChI is InChI=1S/C10H13N3O/c1-3-9-10(4-8(11)6-14)12-5-7(2)13-9/h4-6,11-12H,3H2,1-2H3/b10-4-,11-8?. The van der Waals surface area contributed by atoms with E-state index in [-0.39, 0.29) is 5.71 Å². The van der Waals surface area contributed by atoms with Crippen LogP contribution in [0, 0.1) is 5.41 Å². The first-order chi connectivity index (χ1) is 6.67. The fourth-order valence-corrected chi connectivity index (χ4v) is 1.15. The SMILES string of the molecule is CCC1=NC(C)=CN/C1=C\C(=N)C=O. The first-order valence-corrected chi connectivity index (χ1v) is 4.44. The van der Waals surface area contributed by atoms with Gasteiger partial charge >= 0.3 is 0 Å². The van der Waals surface area contributed by atoms with Gasteiger partial charge in [-0.25, -0.2) is 0 Å². The average molecular weight is 191 g/mol. The van der Waals surface area contributed by atoms with Gasteiger partial charge in [0.05, 0.1) is 22.8 Å². The van der Waals surface area contributed by atoms with Crippen molar-refractivity contribution in [3.8, 4) is 0 Å². The van der Waals surface area contributed by atoms with E-state index in [0.29, 0.717) is 6.29 Å². The van der Waals surface area contributed by atoms with Crippen molar-refractivity contribution in [2.24, 2.45) is 4.99 Å². The summed E-state index contributed by atoms with van der Waals surface area (Å²) in [5.74, 6) is 0. The van der Waals surface area contributed by atoms with E-state index in [1.165, 1.54) is 6.08 Å². The Bertz CT molecular complexity index is 350. The lowest BCUT2D eigenvalue weighted by Gasteiger charge is -2.14. The van der Waals surface area contributed by atoms with Gasteiger partial charge in [-0.05, 0) is 19.4 Å². The van der Waals surface area contributed by atoms with Crippen LogP contribution in [-0.2, 0) is 4.79 Å². The molecule has 0 radical (unpaired) electrons. The van der Waals surface area contributed by atoms with E-state index < -0.39 is 0 Å². The molecule has 0 aliphatic carbocycles. The Labute approximate surface area is 82.9 Å². The van der Waals surface area contributed by atoms with Crippen molar-refractivity contribution in [3.05, 3.63) is 23.7 Å². The van der Waals surface area contributed by atoms with Gasteiger partial charge in [0.2, 0.25) is 0 Å². The number of nitrogens with zero attached hydrogens (tertiary/aromatic N) is 1. The van der Waals surface area contributed by atoms with E-state index in [0.717, 1.165) is 23.5 Å². The molecule has 0 fully saturated rings. The molecule has 1 rings (SSSR count). The van der Waals surface area contributed by atoms with Crippen molar-refractivity contribution in [1.29, 1.82) is 5.41 Å². The molecule has 0 aromatic carbocycles. The Morgan fingerprint density at radius 3 is 3.00 bits per heavy atom. The van der Waals surface area contributed by atoms with E-state index in [4.69, 9.17) is 5.41 Å². The van der Waals surface area contributed by atoms with Gasteiger partial charge in [0, 0.05) is 6.20 Å². The van der Waals surface area contributed by atoms with Crippen LogP contribution in [0.4, 0.5) is 0 Å². The van der Waals surface area contributed by atoms with Crippen LogP contribution < -0.4 is 5.32 Å². The minimum Gasteiger partial charge on any atom is -0.358 e. The molecule has 4 nitrogen and oxygen atoms in total. The third-order valence-corrected chi connectivity index (χ3v) is 1.82. The van der Waals surface area contributed by atoms with Crippen LogP contribution in [-0.4, -0.2) is 17.7 Å². The summed E-state index contributed by atoms with van der Waals surface area (Å²) in [7, 11) is 0. The highest BCUT2D eigenvalue weighted by atomic mass is 16.1. The minimum absolute atomic E-state index is 0.0541. The molecule has 0 unspecified atom stereocenters. The van der Waals surface area contributed by atoms with Gasteiger partial charge < -0.3 is 5.32 Å². The Kier molecular flexibility index (Phi) is 3.34. The van der Waals surface area contributed by atoms with Gasteiger partial charge in [0.1, 0.15) is 0 Å². The summed E-state index contributed by atoms with van der Waals surface area (Å²) < 4.78 is 0. The van der Waals surface area contributed by atoms with E-state index in [1.807, 2.05) is 13.8 Å². The largest absolute Gasteiger partial charge is 0.358 e. The van der Waals surface area contributed by atoms with Crippen molar-refractivity contribution < 1.29 is 4.79 Å². The number of carbonyl (C=O) groups excluding carboxylic acids is 1. The van der Waals surface area contributed by atoms with Crippen LogP contribution >= 0.6 is 0 Å². The predicted molar refractivity (Wildman–Crippen MR) is 56.5 cm³/mol. The molecule has 14 heavy (non-hydrogen) atoms. The molecule has 0 aromatic rings. The highest BCUT2D eigenvalue weighted by Gasteiger charge is 2.09. The maximum absolute atomic E-state index is 10.3. The van der Waals surface area contributed by atoms with Crippen LogP contribution in [0.3, 0.4) is 0 Å². The lowest BCUT2D eigenvalue weighted by molar-refractivity contribution is -0.102. The first kappa shape index (κ1) is 10.4. The lowest BCUT2D eigenvalue weighted by Crippen LogP contribution is -2.20. The Hall–Kier alpha value is -1.71. The van der Waals surface area contributed by atoms with E-state index in [1.54, 1.807) is 6.20 Å². The monoisotopic (exact) mass is 191 g/mol. The summed E-state index contributed by atoms with van der Waals surface area (Å²) >= 11 is 0. The lowest BCUT2D eigenvalue weighted by atomic mass is 10.1. The van der Waals surface area contributed by atoms with Crippen LogP contribution in [0.15, 0.2) is 28.7 Å². The van der Waals surface area contributed by atoms with Crippen molar-refractivity contribution in [2.45, 2.75) is 20.3 Å². The van der Waals surface area contributed by atoms with Crippen LogP contribution in [0.1, 0.15) is 20.3 Å². The topological polar surface area (TPSA) is 65.3 Å². The van der Waals surface area contributed by atoms with Crippen LogP contribution in [0.2, 0.25) is 0 Å². The number of hydrogen-bond acceptors (Lipinski definition) is 4. The van der Waals surface area contributed by atoms with Crippen LogP contribution in [0.5, 0.6) is 0 Å². The fourth-order valence-electron chi connectivity index (χ4n) is 1.15. The molecular weight excluding hydrogens is 178 g/mol. The van der Waals surface area contributed by atoms with Gasteiger partial charge in [-0.1, -0.05) is 6.92 Å². The van der Waals surface area contributed by atoms with Gasteiger partial charge in [0.25, 0.3) is 0 Å². The molecule has 0 bridgehead atoms. The number of carbonyl (C=O) groups is 1. The van der Waals surface area contributed by atoms with E-state index >= 15 is 0 Å². The smallest absolute Gasteiger partial charge is 0.167 e. The first-order valence-electron chi connectivity index (χ1n) is 4.44. The molecule has 0 amide bonds. The third kappa shape index (κ3) is 2.39. The van der Waals surface area contributed by atoms with Crippen molar-refractivity contribution in [1.82, 2.24) is 5.32 Å². The quantitative estimate of drug-likeness (QED) is 0.523. The van der Waals surface area contributed by atoms with E-state index in [2.05, 4.69) is 10.3 Å². The second-order valence-corrected chi connectivity index (χ2v) is 2.97. The molecule has 2 N–H and O–H groups in total. The number of aliphatic imine (C=N–C) groups is 1. The summed E-state index contributed by atoms with van der Waals surface area (Å²) in [4.78, 5) is 14.6. The maximum Gasteiger partial charge on any atom is 0.167 e. The Morgan fingerprint density at radius 1 is 1.71 bits per heavy atom. The number of hydrogen-bond donors (Lipinski definition) is 2. The Morgan fingerprint density at radius 2 is 2.43 bits per heavy atom. The molecule has 1 aliphatic rings. The van der Waals surface area contributed by atoms with Gasteiger partial charge in [-0.15, -0.1) is 0 Å². The molecule has 4 heteroatoms. The fraction of sp³-hybridized carbons (Fsp3) is 0.300. The highest BCUT2D eigenvalue weighted by molar-refractivity contribution is 6.33. The van der Waals surface area contributed by atoms with Crippen molar-refractivity contribution >= 4 is 17.7 Å². The summed E-state index contributed by atoms with van der Waals surface area (Å²) in [5, 5.41) is 10.2. The zero-order valence-corrected chi connectivity index (χ0v) is 8.29.